The number of nitrogen functional groups attached to an aromatic ring is 1. The molecule has 1 aliphatic heterocycles. The minimum atomic E-state index is 0.0285. The summed E-state index contributed by atoms with van der Waals surface area (Å²) >= 11 is 0. The number of fused-ring (bicyclic) bond motifs is 1. The Morgan fingerprint density at radius 3 is 3.00 bits per heavy atom. The number of nitrogens with zero attached hydrogens (tertiary/aromatic N) is 3. The van der Waals surface area contributed by atoms with Crippen LogP contribution in [0.3, 0.4) is 0 Å². The highest BCUT2D eigenvalue weighted by molar-refractivity contribution is 5.78. The third-order valence-corrected chi connectivity index (χ3v) is 2.77. The van der Waals surface area contributed by atoms with E-state index in [-0.39, 0.29) is 17.8 Å². The Bertz CT molecular complexity index is 416. The molecule has 1 aromatic rings. The summed E-state index contributed by atoms with van der Waals surface area (Å²) in [6.07, 6.45) is 2.57. The highest BCUT2D eigenvalue weighted by atomic mass is 16.2. The van der Waals surface area contributed by atoms with E-state index in [1.807, 2.05) is 18.7 Å². The Morgan fingerprint density at radius 1 is 1.56 bits per heavy atom. The van der Waals surface area contributed by atoms with E-state index in [0.29, 0.717) is 6.54 Å². The van der Waals surface area contributed by atoms with Crippen molar-refractivity contribution in [1.82, 2.24) is 14.9 Å². The van der Waals surface area contributed by atoms with Gasteiger partial charge in [-0.15, -0.1) is 0 Å². The van der Waals surface area contributed by atoms with Gasteiger partial charge in [-0.05, 0) is 12.0 Å². The topological polar surface area (TPSA) is 72.1 Å². The van der Waals surface area contributed by atoms with Crippen molar-refractivity contribution >= 4 is 11.9 Å². The molecule has 16 heavy (non-hydrogen) atoms. The lowest BCUT2D eigenvalue weighted by Crippen LogP contribution is -2.38. The lowest BCUT2D eigenvalue weighted by Gasteiger charge is -2.29. The van der Waals surface area contributed by atoms with Gasteiger partial charge in [-0.3, -0.25) is 4.79 Å². The maximum atomic E-state index is 11.8. The predicted octanol–water partition coefficient (Wildman–Crippen LogP) is 0.600. The summed E-state index contributed by atoms with van der Waals surface area (Å²) in [6, 6.07) is 0. The summed E-state index contributed by atoms with van der Waals surface area (Å²) in [4.78, 5) is 21.8. The Hall–Kier alpha value is -1.65. The van der Waals surface area contributed by atoms with Crippen molar-refractivity contribution in [2.24, 2.45) is 5.92 Å². The zero-order valence-electron chi connectivity index (χ0n) is 9.60. The molecule has 5 heteroatoms. The summed E-state index contributed by atoms with van der Waals surface area (Å²) in [5.41, 5.74) is 7.52. The van der Waals surface area contributed by atoms with Crippen LogP contribution in [-0.2, 0) is 17.8 Å². The van der Waals surface area contributed by atoms with Gasteiger partial charge in [-0.25, -0.2) is 9.97 Å². The van der Waals surface area contributed by atoms with Gasteiger partial charge in [0.15, 0.2) is 0 Å². The number of carbonyl (C=O) groups excluding carboxylic acids is 1. The highest BCUT2D eigenvalue weighted by Gasteiger charge is 2.23. The van der Waals surface area contributed by atoms with Crippen LogP contribution in [0.25, 0.3) is 0 Å². The Balaban J connectivity index is 2.20. The fourth-order valence-corrected chi connectivity index (χ4v) is 1.87. The van der Waals surface area contributed by atoms with Gasteiger partial charge in [0.2, 0.25) is 11.9 Å². The zero-order chi connectivity index (χ0) is 11.7. The van der Waals surface area contributed by atoms with Gasteiger partial charge in [-0.2, -0.15) is 0 Å². The van der Waals surface area contributed by atoms with Gasteiger partial charge in [-0.1, -0.05) is 13.8 Å². The first kappa shape index (κ1) is 10.9. The minimum absolute atomic E-state index is 0.0285. The Morgan fingerprint density at radius 2 is 2.31 bits per heavy atom. The molecule has 2 heterocycles. The molecule has 0 atom stereocenters. The quantitative estimate of drug-likeness (QED) is 0.752. The summed E-state index contributed by atoms with van der Waals surface area (Å²) in [5.74, 6) is 0.473. The van der Waals surface area contributed by atoms with E-state index < -0.39 is 0 Å². The molecular weight excluding hydrogens is 204 g/mol. The molecule has 0 fully saturated rings. The first-order valence-electron chi connectivity index (χ1n) is 5.47. The van der Waals surface area contributed by atoms with Crippen molar-refractivity contribution in [3.8, 4) is 0 Å². The molecule has 1 aliphatic rings. The smallest absolute Gasteiger partial charge is 0.225 e. The molecule has 0 bridgehead atoms. The van der Waals surface area contributed by atoms with E-state index in [0.717, 1.165) is 24.2 Å². The van der Waals surface area contributed by atoms with Crippen LogP contribution >= 0.6 is 0 Å². The van der Waals surface area contributed by atoms with Gasteiger partial charge in [0.05, 0.1) is 12.2 Å². The largest absolute Gasteiger partial charge is 0.368 e. The van der Waals surface area contributed by atoms with Gasteiger partial charge >= 0.3 is 0 Å². The summed E-state index contributed by atoms with van der Waals surface area (Å²) in [6.45, 7) is 5.12. The maximum Gasteiger partial charge on any atom is 0.225 e. The summed E-state index contributed by atoms with van der Waals surface area (Å²) in [7, 11) is 0. The maximum absolute atomic E-state index is 11.8. The van der Waals surface area contributed by atoms with Crippen LogP contribution in [0.1, 0.15) is 25.1 Å². The third kappa shape index (κ3) is 1.98. The lowest BCUT2D eigenvalue weighted by atomic mass is 10.1. The Labute approximate surface area is 94.7 Å². The first-order chi connectivity index (χ1) is 7.58. The van der Waals surface area contributed by atoms with Crippen LogP contribution < -0.4 is 5.73 Å². The number of hydrogen-bond acceptors (Lipinski definition) is 4. The normalized spacial score (nSPS) is 15.1. The number of hydrogen-bond donors (Lipinski definition) is 1. The van der Waals surface area contributed by atoms with E-state index >= 15 is 0 Å². The molecule has 0 spiro atoms. The van der Waals surface area contributed by atoms with Crippen molar-refractivity contribution in [1.29, 1.82) is 0 Å². The second kappa shape index (κ2) is 4.08. The van der Waals surface area contributed by atoms with Gasteiger partial charge < -0.3 is 10.6 Å². The first-order valence-corrected chi connectivity index (χ1v) is 5.47. The number of carbonyl (C=O) groups is 1. The second-order valence-electron chi connectivity index (χ2n) is 4.36. The molecule has 86 valence electrons. The predicted molar refractivity (Wildman–Crippen MR) is 60.4 cm³/mol. The summed E-state index contributed by atoms with van der Waals surface area (Å²) < 4.78 is 0. The molecule has 0 saturated carbocycles. The third-order valence-electron chi connectivity index (χ3n) is 2.77. The molecule has 2 N–H and O–H groups in total. The average Bonchev–Trinajstić information content (AvgIpc) is 2.26. The number of rotatable bonds is 1. The van der Waals surface area contributed by atoms with Crippen LogP contribution in [0.5, 0.6) is 0 Å². The molecule has 0 unspecified atom stereocenters. The summed E-state index contributed by atoms with van der Waals surface area (Å²) in [5, 5.41) is 0. The number of amides is 1. The number of nitrogens with two attached hydrogens (primary N) is 1. The lowest BCUT2D eigenvalue weighted by molar-refractivity contribution is -0.135. The van der Waals surface area contributed by atoms with Crippen molar-refractivity contribution in [3.63, 3.8) is 0 Å². The molecular formula is C11H16N4O. The highest BCUT2D eigenvalue weighted by Crippen LogP contribution is 2.18. The molecule has 0 aromatic carbocycles. The molecule has 2 rings (SSSR count). The van der Waals surface area contributed by atoms with Crippen LogP contribution in [0.15, 0.2) is 6.20 Å². The number of anilines is 1. The van der Waals surface area contributed by atoms with Crippen LogP contribution in [-0.4, -0.2) is 27.3 Å². The van der Waals surface area contributed by atoms with E-state index in [1.54, 1.807) is 6.20 Å². The van der Waals surface area contributed by atoms with Gasteiger partial charge in [0.1, 0.15) is 0 Å². The minimum Gasteiger partial charge on any atom is -0.368 e. The van der Waals surface area contributed by atoms with Gasteiger partial charge in [0.25, 0.3) is 0 Å². The standard InChI is InChI=1S/C11H16N4O/c1-7(2)10(16)15-4-3-8-5-13-11(12)14-9(8)6-15/h5,7H,3-4,6H2,1-2H3,(H2,12,13,14). The molecule has 0 radical (unpaired) electrons. The van der Waals surface area contributed by atoms with Crippen molar-refractivity contribution in [2.75, 3.05) is 12.3 Å². The molecule has 1 amide bonds. The monoisotopic (exact) mass is 220 g/mol. The SMILES string of the molecule is CC(C)C(=O)N1CCc2cnc(N)nc2C1. The Kier molecular flexibility index (Phi) is 2.77. The van der Waals surface area contributed by atoms with E-state index in [2.05, 4.69) is 9.97 Å². The molecule has 5 nitrogen and oxygen atoms in total. The van der Waals surface area contributed by atoms with Crippen molar-refractivity contribution in [2.45, 2.75) is 26.8 Å². The zero-order valence-corrected chi connectivity index (χ0v) is 9.60. The average molecular weight is 220 g/mol. The van der Waals surface area contributed by atoms with Crippen LogP contribution in [0.2, 0.25) is 0 Å². The van der Waals surface area contributed by atoms with Crippen molar-refractivity contribution < 1.29 is 4.79 Å². The van der Waals surface area contributed by atoms with Gasteiger partial charge in [0, 0.05) is 18.7 Å². The molecule has 1 aromatic heterocycles. The van der Waals surface area contributed by atoms with E-state index in [1.165, 1.54) is 0 Å². The number of aromatic nitrogens is 2. The molecule has 0 saturated heterocycles. The molecule has 0 aliphatic carbocycles. The van der Waals surface area contributed by atoms with Crippen molar-refractivity contribution in [3.05, 3.63) is 17.5 Å². The van der Waals surface area contributed by atoms with E-state index in [4.69, 9.17) is 5.73 Å². The fourth-order valence-electron chi connectivity index (χ4n) is 1.87. The van der Waals surface area contributed by atoms with E-state index in [9.17, 15) is 4.79 Å². The van der Waals surface area contributed by atoms with Crippen LogP contribution in [0.4, 0.5) is 5.95 Å². The van der Waals surface area contributed by atoms with Crippen LogP contribution in [0, 0.1) is 5.92 Å². The second-order valence-corrected chi connectivity index (χ2v) is 4.36. The fraction of sp³-hybridized carbons (Fsp3) is 0.545.